The average molecular weight is 212 g/mol. The van der Waals surface area contributed by atoms with Crippen molar-refractivity contribution in [2.45, 2.75) is 27.7 Å². The first kappa shape index (κ1) is 12.5. The molecule has 0 aliphatic rings. The highest BCUT2D eigenvalue weighted by Crippen LogP contribution is 2.13. The van der Waals surface area contributed by atoms with Gasteiger partial charge in [-0.1, -0.05) is 43.0 Å². The molecule has 0 atom stereocenters. The van der Waals surface area contributed by atoms with Gasteiger partial charge in [0.25, 0.3) is 0 Å². The van der Waals surface area contributed by atoms with Crippen molar-refractivity contribution in [3.8, 4) is 0 Å². The van der Waals surface area contributed by atoms with Crippen LogP contribution >= 0.6 is 0 Å². The standard InChI is InChI=1S/C16H20/c1-6-12(2)13(3)7-9-16-10-8-14(4)15(5)11-16/h6-11H,1H2,2-5H3. The van der Waals surface area contributed by atoms with E-state index < -0.39 is 0 Å². The summed E-state index contributed by atoms with van der Waals surface area (Å²) in [5, 5.41) is 0. The van der Waals surface area contributed by atoms with Crippen molar-refractivity contribution in [3.05, 3.63) is 64.8 Å². The van der Waals surface area contributed by atoms with Crippen LogP contribution in [-0.4, -0.2) is 0 Å². The number of aryl methyl sites for hydroxylation is 2. The molecule has 84 valence electrons. The lowest BCUT2D eigenvalue weighted by molar-refractivity contribution is 1.33. The quantitative estimate of drug-likeness (QED) is 0.629. The van der Waals surface area contributed by atoms with Gasteiger partial charge < -0.3 is 0 Å². The molecule has 0 saturated carbocycles. The summed E-state index contributed by atoms with van der Waals surface area (Å²) in [6, 6.07) is 6.52. The van der Waals surface area contributed by atoms with Gasteiger partial charge in [0.15, 0.2) is 0 Å². The van der Waals surface area contributed by atoms with Gasteiger partial charge in [0.1, 0.15) is 0 Å². The molecule has 0 bridgehead atoms. The Labute approximate surface area is 99.0 Å². The number of hydrogen-bond acceptors (Lipinski definition) is 0. The van der Waals surface area contributed by atoms with Crippen LogP contribution in [0.5, 0.6) is 0 Å². The van der Waals surface area contributed by atoms with Crippen LogP contribution in [-0.2, 0) is 0 Å². The summed E-state index contributed by atoms with van der Waals surface area (Å²) >= 11 is 0. The van der Waals surface area contributed by atoms with Gasteiger partial charge in [0, 0.05) is 0 Å². The fourth-order valence-electron chi connectivity index (χ4n) is 1.38. The minimum atomic E-state index is 1.22. The minimum absolute atomic E-state index is 1.22. The molecular weight excluding hydrogens is 192 g/mol. The molecule has 0 spiro atoms. The molecule has 0 fully saturated rings. The third kappa shape index (κ3) is 3.23. The lowest BCUT2D eigenvalue weighted by Crippen LogP contribution is -1.82. The first-order valence-electron chi connectivity index (χ1n) is 5.60. The van der Waals surface area contributed by atoms with Gasteiger partial charge in [-0.25, -0.2) is 0 Å². The third-order valence-corrected chi connectivity index (χ3v) is 2.98. The smallest absolute Gasteiger partial charge is 0.0254 e. The summed E-state index contributed by atoms with van der Waals surface area (Å²) in [5.74, 6) is 0. The molecule has 0 nitrogen and oxygen atoms in total. The Hall–Kier alpha value is -1.56. The van der Waals surface area contributed by atoms with Crippen LogP contribution in [0.2, 0.25) is 0 Å². The molecule has 0 N–H and O–H groups in total. The number of allylic oxidation sites excluding steroid dienone is 4. The van der Waals surface area contributed by atoms with E-state index in [2.05, 4.69) is 64.6 Å². The van der Waals surface area contributed by atoms with E-state index >= 15 is 0 Å². The SMILES string of the molecule is C=CC(C)=C(C)C=Cc1ccc(C)c(C)c1. The van der Waals surface area contributed by atoms with Gasteiger partial charge in [-0.15, -0.1) is 0 Å². The predicted octanol–water partition coefficient (Wildman–Crippen LogP) is 4.84. The predicted molar refractivity (Wildman–Crippen MR) is 73.5 cm³/mol. The van der Waals surface area contributed by atoms with Crippen LogP contribution in [0.1, 0.15) is 30.5 Å². The Kier molecular flexibility index (Phi) is 4.30. The van der Waals surface area contributed by atoms with Gasteiger partial charge in [-0.3, -0.25) is 0 Å². The first-order valence-corrected chi connectivity index (χ1v) is 5.60. The number of benzene rings is 1. The Morgan fingerprint density at radius 1 is 1.06 bits per heavy atom. The van der Waals surface area contributed by atoms with Crippen molar-refractivity contribution >= 4 is 6.08 Å². The second-order valence-electron chi connectivity index (χ2n) is 4.25. The highest BCUT2D eigenvalue weighted by molar-refractivity contribution is 5.55. The van der Waals surface area contributed by atoms with E-state index in [1.807, 2.05) is 6.08 Å². The van der Waals surface area contributed by atoms with Gasteiger partial charge >= 0.3 is 0 Å². The molecule has 0 aliphatic carbocycles. The Morgan fingerprint density at radius 3 is 2.31 bits per heavy atom. The van der Waals surface area contributed by atoms with Crippen LogP contribution in [0.15, 0.2) is 48.1 Å². The molecule has 1 aromatic carbocycles. The first-order chi connectivity index (χ1) is 7.54. The maximum Gasteiger partial charge on any atom is -0.0254 e. The van der Waals surface area contributed by atoms with E-state index in [-0.39, 0.29) is 0 Å². The van der Waals surface area contributed by atoms with Crippen molar-refractivity contribution in [2.24, 2.45) is 0 Å². The molecule has 0 radical (unpaired) electrons. The average Bonchev–Trinajstić information content (AvgIpc) is 2.29. The van der Waals surface area contributed by atoms with Crippen LogP contribution in [0, 0.1) is 13.8 Å². The van der Waals surface area contributed by atoms with E-state index in [1.165, 1.54) is 27.8 Å². The monoisotopic (exact) mass is 212 g/mol. The summed E-state index contributed by atoms with van der Waals surface area (Å²) < 4.78 is 0. The van der Waals surface area contributed by atoms with Crippen LogP contribution < -0.4 is 0 Å². The largest absolute Gasteiger partial charge is 0.0988 e. The highest BCUT2D eigenvalue weighted by atomic mass is 14.0. The third-order valence-electron chi connectivity index (χ3n) is 2.98. The number of hydrogen-bond donors (Lipinski definition) is 0. The summed E-state index contributed by atoms with van der Waals surface area (Å²) in [5.41, 5.74) is 6.41. The van der Waals surface area contributed by atoms with Gasteiger partial charge in [-0.2, -0.15) is 0 Å². The molecule has 0 heterocycles. The van der Waals surface area contributed by atoms with Crippen molar-refractivity contribution < 1.29 is 0 Å². The maximum atomic E-state index is 3.77. The van der Waals surface area contributed by atoms with Crippen molar-refractivity contribution in [1.82, 2.24) is 0 Å². The molecule has 16 heavy (non-hydrogen) atoms. The van der Waals surface area contributed by atoms with Crippen molar-refractivity contribution in [1.29, 1.82) is 0 Å². The van der Waals surface area contributed by atoms with Gasteiger partial charge in [0.05, 0.1) is 0 Å². The van der Waals surface area contributed by atoms with E-state index in [0.29, 0.717) is 0 Å². The Balaban J connectivity index is 2.93. The topological polar surface area (TPSA) is 0 Å². The van der Waals surface area contributed by atoms with Gasteiger partial charge in [-0.05, 0) is 55.5 Å². The van der Waals surface area contributed by atoms with Crippen LogP contribution in [0.25, 0.3) is 6.08 Å². The molecule has 0 unspecified atom stereocenters. The summed E-state index contributed by atoms with van der Waals surface area (Å²) in [7, 11) is 0. The molecular formula is C16H20. The highest BCUT2D eigenvalue weighted by Gasteiger charge is 1.93. The zero-order valence-corrected chi connectivity index (χ0v) is 10.7. The second kappa shape index (κ2) is 5.50. The Morgan fingerprint density at radius 2 is 1.75 bits per heavy atom. The molecule has 1 rings (SSSR count). The molecule has 1 aromatic rings. The van der Waals surface area contributed by atoms with Crippen LogP contribution in [0.3, 0.4) is 0 Å². The molecule has 0 heteroatoms. The molecule has 0 amide bonds. The van der Waals surface area contributed by atoms with Gasteiger partial charge in [0.2, 0.25) is 0 Å². The second-order valence-corrected chi connectivity index (χ2v) is 4.25. The minimum Gasteiger partial charge on any atom is -0.0988 e. The van der Waals surface area contributed by atoms with Crippen LogP contribution in [0.4, 0.5) is 0 Å². The fourth-order valence-corrected chi connectivity index (χ4v) is 1.38. The Bertz CT molecular complexity index is 445. The molecule has 0 aliphatic heterocycles. The molecule has 0 aromatic heterocycles. The fraction of sp³-hybridized carbons (Fsp3) is 0.250. The van der Waals surface area contributed by atoms with E-state index in [1.54, 1.807) is 0 Å². The maximum absolute atomic E-state index is 3.77. The lowest BCUT2D eigenvalue weighted by Gasteiger charge is -2.01. The van der Waals surface area contributed by atoms with Crippen molar-refractivity contribution in [3.63, 3.8) is 0 Å². The lowest BCUT2D eigenvalue weighted by atomic mass is 10.0. The summed E-state index contributed by atoms with van der Waals surface area (Å²) in [6.45, 7) is 12.2. The van der Waals surface area contributed by atoms with E-state index in [0.717, 1.165) is 0 Å². The zero-order valence-electron chi connectivity index (χ0n) is 10.7. The van der Waals surface area contributed by atoms with Crippen molar-refractivity contribution in [2.75, 3.05) is 0 Å². The molecule has 0 saturated heterocycles. The summed E-state index contributed by atoms with van der Waals surface area (Å²) in [4.78, 5) is 0. The zero-order chi connectivity index (χ0) is 12.1. The van der Waals surface area contributed by atoms with E-state index in [4.69, 9.17) is 0 Å². The van der Waals surface area contributed by atoms with E-state index in [9.17, 15) is 0 Å². The summed E-state index contributed by atoms with van der Waals surface area (Å²) in [6.07, 6.45) is 6.18. The normalized spacial score (nSPS) is 12.8. The number of rotatable bonds is 3.